The van der Waals surface area contributed by atoms with E-state index in [1.807, 2.05) is 30.0 Å². The molecule has 1 aromatic carbocycles. The van der Waals surface area contributed by atoms with Crippen molar-refractivity contribution in [1.82, 2.24) is 5.32 Å². The summed E-state index contributed by atoms with van der Waals surface area (Å²) in [4.78, 5) is 12.3. The van der Waals surface area contributed by atoms with Crippen molar-refractivity contribution in [3.63, 3.8) is 0 Å². The first-order valence-electron chi connectivity index (χ1n) is 7.55. The molecule has 4 nitrogen and oxygen atoms in total. The van der Waals surface area contributed by atoms with E-state index >= 15 is 0 Å². The predicted molar refractivity (Wildman–Crippen MR) is 96.9 cm³/mol. The van der Waals surface area contributed by atoms with Crippen LogP contribution in [-0.2, 0) is 4.79 Å². The van der Waals surface area contributed by atoms with Gasteiger partial charge in [0.2, 0.25) is 5.91 Å². The van der Waals surface area contributed by atoms with E-state index in [0.717, 1.165) is 11.3 Å². The Balaban J connectivity index is 1.89. The van der Waals surface area contributed by atoms with Crippen LogP contribution in [0.4, 0.5) is 0 Å². The SMILES string of the molecule is CCCCCCSc1ccccc1C=NN=C1NC(=O)CS1. The van der Waals surface area contributed by atoms with Gasteiger partial charge < -0.3 is 5.32 Å². The van der Waals surface area contributed by atoms with Crippen LogP contribution in [0.1, 0.15) is 38.2 Å². The maximum absolute atomic E-state index is 11.1. The van der Waals surface area contributed by atoms with E-state index in [9.17, 15) is 4.79 Å². The van der Waals surface area contributed by atoms with Gasteiger partial charge in [0.1, 0.15) is 0 Å². The number of amides is 1. The molecule has 0 atom stereocenters. The number of rotatable bonds is 8. The van der Waals surface area contributed by atoms with Gasteiger partial charge in [-0.2, -0.15) is 5.10 Å². The summed E-state index contributed by atoms with van der Waals surface area (Å²) in [5.74, 6) is 1.55. The summed E-state index contributed by atoms with van der Waals surface area (Å²) in [6.07, 6.45) is 6.87. The highest BCUT2D eigenvalue weighted by atomic mass is 32.2. The lowest BCUT2D eigenvalue weighted by Gasteiger charge is -2.04. The Kier molecular flexibility index (Phi) is 7.53. The van der Waals surface area contributed by atoms with Gasteiger partial charge in [-0.1, -0.05) is 56.1 Å². The van der Waals surface area contributed by atoms with Crippen molar-refractivity contribution in [2.75, 3.05) is 11.5 Å². The number of carbonyl (C=O) groups is 1. The van der Waals surface area contributed by atoms with Gasteiger partial charge in [0.25, 0.3) is 0 Å². The van der Waals surface area contributed by atoms with Crippen LogP contribution < -0.4 is 5.32 Å². The zero-order chi connectivity index (χ0) is 15.6. The minimum atomic E-state index is -0.0121. The molecule has 0 aromatic heterocycles. The molecule has 1 heterocycles. The largest absolute Gasteiger partial charge is 0.303 e. The highest BCUT2D eigenvalue weighted by Crippen LogP contribution is 2.23. The molecule has 1 fully saturated rings. The molecule has 1 saturated heterocycles. The van der Waals surface area contributed by atoms with Crippen molar-refractivity contribution in [3.05, 3.63) is 29.8 Å². The number of amidine groups is 1. The van der Waals surface area contributed by atoms with Crippen molar-refractivity contribution >= 4 is 40.8 Å². The van der Waals surface area contributed by atoms with E-state index in [2.05, 4.69) is 28.5 Å². The average Bonchev–Trinajstić information content (AvgIpc) is 2.94. The molecule has 118 valence electrons. The lowest BCUT2D eigenvalue weighted by Crippen LogP contribution is -2.19. The molecule has 2 rings (SSSR count). The average molecular weight is 335 g/mol. The normalized spacial score (nSPS) is 16.6. The Morgan fingerprint density at radius 3 is 2.95 bits per heavy atom. The first-order valence-corrected chi connectivity index (χ1v) is 9.52. The van der Waals surface area contributed by atoms with E-state index in [0.29, 0.717) is 10.9 Å². The second-order valence-electron chi connectivity index (χ2n) is 4.93. The predicted octanol–water partition coefficient (Wildman–Crippen LogP) is 3.91. The summed E-state index contributed by atoms with van der Waals surface area (Å²) in [5.41, 5.74) is 1.07. The maximum atomic E-state index is 11.1. The lowest BCUT2D eigenvalue weighted by atomic mass is 10.2. The molecule has 1 N–H and O–H groups in total. The molecule has 0 saturated carbocycles. The first kappa shape index (κ1) is 17.1. The maximum Gasteiger partial charge on any atom is 0.236 e. The van der Waals surface area contributed by atoms with Crippen molar-refractivity contribution < 1.29 is 4.79 Å². The molecule has 0 spiro atoms. The summed E-state index contributed by atoms with van der Waals surface area (Å²) >= 11 is 3.25. The number of unbranched alkanes of at least 4 members (excludes halogenated alkanes) is 3. The monoisotopic (exact) mass is 335 g/mol. The topological polar surface area (TPSA) is 53.8 Å². The van der Waals surface area contributed by atoms with Crippen LogP contribution >= 0.6 is 23.5 Å². The Bertz CT molecular complexity index is 558. The number of nitrogens with one attached hydrogen (secondary N) is 1. The van der Waals surface area contributed by atoms with E-state index in [4.69, 9.17) is 0 Å². The summed E-state index contributed by atoms with van der Waals surface area (Å²) in [5, 5.41) is 11.4. The highest BCUT2D eigenvalue weighted by molar-refractivity contribution is 8.15. The summed E-state index contributed by atoms with van der Waals surface area (Å²) in [7, 11) is 0. The Labute approximate surface area is 140 Å². The minimum absolute atomic E-state index is 0.0121. The zero-order valence-corrected chi connectivity index (χ0v) is 14.4. The molecule has 6 heteroatoms. The van der Waals surface area contributed by atoms with Crippen LogP contribution in [0.25, 0.3) is 0 Å². The van der Waals surface area contributed by atoms with Crippen molar-refractivity contribution in [2.45, 2.75) is 37.5 Å². The van der Waals surface area contributed by atoms with Gasteiger partial charge in [0.05, 0.1) is 12.0 Å². The molecule has 1 amide bonds. The number of hydrogen-bond donors (Lipinski definition) is 1. The number of nitrogens with zero attached hydrogens (tertiary/aromatic N) is 2. The third kappa shape index (κ3) is 5.85. The third-order valence-corrected chi connectivity index (χ3v) is 5.15. The van der Waals surface area contributed by atoms with Gasteiger partial charge in [0, 0.05) is 10.5 Å². The number of thioether (sulfide) groups is 2. The van der Waals surface area contributed by atoms with Gasteiger partial charge in [-0.05, 0) is 18.2 Å². The fourth-order valence-corrected chi connectivity index (χ4v) is 3.61. The van der Waals surface area contributed by atoms with Crippen molar-refractivity contribution in [1.29, 1.82) is 0 Å². The number of benzene rings is 1. The molecular weight excluding hydrogens is 314 g/mol. The molecule has 0 unspecified atom stereocenters. The van der Waals surface area contributed by atoms with E-state index in [-0.39, 0.29) is 5.91 Å². The zero-order valence-electron chi connectivity index (χ0n) is 12.7. The van der Waals surface area contributed by atoms with Gasteiger partial charge >= 0.3 is 0 Å². The van der Waals surface area contributed by atoms with Gasteiger partial charge in [-0.25, -0.2) is 0 Å². The van der Waals surface area contributed by atoms with Crippen molar-refractivity contribution in [3.8, 4) is 0 Å². The highest BCUT2D eigenvalue weighted by Gasteiger charge is 2.15. The molecular formula is C16H21N3OS2. The van der Waals surface area contributed by atoms with E-state index in [1.54, 1.807) is 6.21 Å². The second-order valence-corrected chi connectivity index (χ2v) is 7.03. The van der Waals surface area contributed by atoms with Gasteiger partial charge in [-0.3, -0.25) is 4.79 Å². The summed E-state index contributed by atoms with van der Waals surface area (Å²) < 4.78 is 0. The first-order chi connectivity index (χ1) is 10.8. The quantitative estimate of drug-likeness (QED) is 0.339. The minimum Gasteiger partial charge on any atom is -0.303 e. The molecule has 1 aromatic rings. The standard InChI is InChI=1S/C16H21N3OS2/c1-2-3-4-7-10-21-14-9-6-5-8-13(14)11-17-19-16-18-15(20)12-22-16/h5-6,8-9,11H,2-4,7,10,12H2,1H3,(H,18,19,20). The molecule has 1 aliphatic heterocycles. The molecule has 1 aliphatic rings. The fourth-order valence-electron chi connectivity index (χ4n) is 1.95. The van der Waals surface area contributed by atoms with Crippen LogP contribution in [0.2, 0.25) is 0 Å². The Morgan fingerprint density at radius 2 is 2.18 bits per heavy atom. The van der Waals surface area contributed by atoms with Crippen LogP contribution in [0.5, 0.6) is 0 Å². The van der Waals surface area contributed by atoms with Crippen LogP contribution in [-0.4, -0.2) is 28.8 Å². The second kappa shape index (κ2) is 9.69. The molecule has 0 bridgehead atoms. The third-order valence-electron chi connectivity index (χ3n) is 3.11. The van der Waals surface area contributed by atoms with Crippen LogP contribution in [0.15, 0.2) is 39.4 Å². The number of carbonyl (C=O) groups excluding carboxylic acids is 1. The molecule has 0 aliphatic carbocycles. The smallest absolute Gasteiger partial charge is 0.236 e. The molecule has 22 heavy (non-hydrogen) atoms. The molecule has 0 radical (unpaired) electrons. The van der Waals surface area contributed by atoms with Gasteiger partial charge in [0.15, 0.2) is 5.17 Å². The van der Waals surface area contributed by atoms with Crippen LogP contribution in [0, 0.1) is 0 Å². The number of hydrogen-bond acceptors (Lipinski definition) is 5. The van der Waals surface area contributed by atoms with E-state index < -0.39 is 0 Å². The summed E-state index contributed by atoms with van der Waals surface area (Å²) in [6.45, 7) is 2.23. The van der Waals surface area contributed by atoms with Crippen LogP contribution in [0.3, 0.4) is 0 Å². The Hall–Kier alpha value is -1.27. The van der Waals surface area contributed by atoms with Crippen molar-refractivity contribution in [2.24, 2.45) is 10.2 Å². The summed E-state index contributed by atoms with van der Waals surface area (Å²) in [6, 6.07) is 8.20. The fraction of sp³-hybridized carbons (Fsp3) is 0.438. The lowest BCUT2D eigenvalue weighted by molar-refractivity contribution is -0.116. The Morgan fingerprint density at radius 1 is 1.32 bits per heavy atom. The van der Waals surface area contributed by atoms with E-state index in [1.165, 1.54) is 42.3 Å². The van der Waals surface area contributed by atoms with Gasteiger partial charge in [-0.15, -0.1) is 16.9 Å².